The first-order valence-corrected chi connectivity index (χ1v) is 5.93. The maximum atomic E-state index is 6.02. The van der Waals surface area contributed by atoms with Crippen molar-refractivity contribution >= 4 is 5.69 Å². The van der Waals surface area contributed by atoms with Gasteiger partial charge in [0.05, 0.1) is 0 Å². The van der Waals surface area contributed by atoms with Crippen molar-refractivity contribution in [3.8, 4) is 5.75 Å². The summed E-state index contributed by atoms with van der Waals surface area (Å²) >= 11 is 0. The van der Waals surface area contributed by atoms with E-state index in [9.17, 15) is 0 Å². The van der Waals surface area contributed by atoms with Crippen LogP contribution in [-0.2, 0) is 6.42 Å². The van der Waals surface area contributed by atoms with Crippen molar-refractivity contribution < 1.29 is 4.74 Å². The second-order valence-corrected chi connectivity index (χ2v) is 4.42. The Morgan fingerprint density at radius 3 is 2.59 bits per heavy atom. The lowest BCUT2D eigenvalue weighted by Gasteiger charge is -2.26. The Bertz CT molecular complexity index is 519. The van der Waals surface area contributed by atoms with Crippen LogP contribution in [0.15, 0.2) is 48.5 Å². The molecule has 0 saturated heterocycles. The van der Waals surface area contributed by atoms with Crippen LogP contribution in [0.5, 0.6) is 5.75 Å². The van der Waals surface area contributed by atoms with E-state index in [1.165, 1.54) is 11.1 Å². The van der Waals surface area contributed by atoms with Gasteiger partial charge in [0.25, 0.3) is 0 Å². The summed E-state index contributed by atoms with van der Waals surface area (Å²) < 4.78 is 6.02. The van der Waals surface area contributed by atoms with E-state index in [4.69, 9.17) is 10.5 Å². The number of para-hydroxylation sites is 1. The molecule has 1 aliphatic rings. The Morgan fingerprint density at radius 1 is 1.00 bits per heavy atom. The molecule has 1 aliphatic heterocycles. The number of nitrogen functional groups attached to an aromatic ring is 1. The summed E-state index contributed by atoms with van der Waals surface area (Å²) in [5.41, 5.74) is 9.00. The number of ether oxygens (including phenoxy) is 1. The van der Waals surface area contributed by atoms with Gasteiger partial charge in [0.2, 0.25) is 0 Å². The van der Waals surface area contributed by atoms with Gasteiger partial charge in [0.15, 0.2) is 0 Å². The van der Waals surface area contributed by atoms with Gasteiger partial charge in [-0.05, 0) is 42.2 Å². The number of hydrogen-bond donors (Lipinski definition) is 1. The van der Waals surface area contributed by atoms with E-state index in [0.29, 0.717) is 0 Å². The zero-order chi connectivity index (χ0) is 11.7. The minimum atomic E-state index is 0.158. The first-order valence-electron chi connectivity index (χ1n) is 5.93. The average Bonchev–Trinajstić information content (AvgIpc) is 2.39. The lowest BCUT2D eigenvalue weighted by Crippen LogP contribution is -2.14. The Kier molecular flexibility index (Phi) is 2.48. The molecule has 2 N–H and O–H groups in total. The van der Waals surface area contributed by atoms with Crippen molar-refractivity contribution in [2.75, 3.05) is 5.73 Å². The number of hydrogen-bond acceptors (Lipinski definition) is 2. The molecular weight excluding hydrogens is 210 g/mol. The fourth-order valence-corrected chi connectivity index (χ4v) is 2.27. The van der Waals surface area contributed by atoms with E-state index in [-0.39, 0.29) is 6.10 Å². The molecule has 0 amide bonds. The summed E-state index contributed by atoms with van der Waals surface area (Å²) in [5.74, 6) is 1.01. The SMILES string of the molecule is Nc1ccc([C@@H]2CCc3ccccc3O2)cc1. The smallest absolute Gasteiger partial charge is 0.124 e. The van der Waals surface area contributed by atoms with Crippen LogP contribution in [0.3, 0.4) is 0 Å². The number of aryl methyl sites for hydroxylation is 1. The van der Waals surface area contributed by atoms with E-state index in [2.05, 4.69) is 12.1 Å². The fraction of sp³-hybridized carbons (Fsp3) is 0.200. The van der Waals surface area contributed by atoms with E-state index in [1.807, 2.05) is 36.4 Å². The average molecular weight is 225 g/mol. The van der Waals surface area contributed by atoms with Crippen LogP contribution in [0.4, 0.5) is 5.69 Å². The molecule has 1 atom stereocenters. The largest absolute Gasteiger partial charge is 0.485 e. The van der Waals surface area contributed by atoms with Crippen molar-refractivity contribution in [1.82, 2.24) is 0 Å². The first kappa shape index (κ1) is 10.2. The van der Waals surface area contributed by atoms with E-state index < -0.39 is 0 Å². The highest BCUT2D eigenvalue weighted by atomic mass is 16.5. The lowest BCUT2D eigenvalue weighted by atomic mass is 9.97. The molecule has 0 radical (unpaired) electrons. The maximum absolute atomic E-state index is 6.02. The van der Waals surface area contributed by atoms with Gasteiger partial charge in [-0.2, -0.15) is 0 Å². The molecule has 0 aromatic heterocycles. The lowest BCUT2D eigenvalue weighted by molar-refractivity contribution is 0.176. The molecule has 0 saturated carbocycles. The highest BCUT2D eigenvalue weighted by molar-refractivity contribution is 5.41. The molecule has 2 aromatic carbocycles. The van der Waals surface area contributed by atoms with Gasteiger partial charge in [0, 0.05) is 5.69 Å². The minimum Gasteiger partial charge on any atom is -0.485 e. The van der Waals surface area contributed by atoms with Gasteiger partial charge < -0.3 is 10.5 Å². The Labute approximate surface area is 101 Å². The minimum absolute atomic E-state index is 0.158. The normalized spacial score (nSPS) is 18.2. The summed E-state index contributed by atoms with van der Waals surface area (Å²) in [6.07, 6.45) is 2.26. The van der Waals surface area contributed by atoms with Gasteiger partial charge in [-0.15, -0.1) is 0 Å². The molecule has 17 heavy (non-hydrogen) atoms. The Balaban J connectivity index is 1.86. The van der Waals surface area contributed by atoms with Crippen molar-refractivity contribution in [2.45, 2.75) is 18.9 Å². The van der Waals surface area contributed by atoms with Gasteiger partial charge in [-0.1, -0.05) is 30.3 Å². The molecule has 0 unspecified atom stereocenters. The van der Waals surface area contributed by atoms with E-state index in [1.54, 1.807) is 0 Å². The molecule has 2 nitrogen and oxygen atoms in total. The van der Waals surface area contributed by atoms with E-state index in [0.717, 1.165) is 24.3 Å². The van der Waals surface area contributed by atoms with Gasteiger partial charge >= 0.3 is 0 Å². The number of fused-ring (bicyclic) bond motifs is 1. The molecular formula is C15H15NO. The van der Waals surface area contributed by atoms with Crippen molar-refractivity contribution in [3.63, 3.8) is 0 Å². The predicted molar refractivity (Wildman–Crippen MR) is 69.0 cm³/mol. The number of benzene rings is 2. The van der Waals surface area contributed by atoms with Crippen LogP contribution >= 0.6 is 0 Å². The summed E-state index contributed by atoms with van der Waals surface area (Å²) in [5, 5.41) is 0. The molecule has 0 bridgehead atoms. The zero-order valence-corrected chi connectivity index (χ0v) is 9.60. The van der Waals surface area contributed by atoms with Gasteiger partial charge in [-0.3, -0.25) is 0 Å². The maximum Gasteiger partial charge on any atom is 0.124 e. The zero-order valence-electron chi connectivity index (χ0n) is 9.60. The van der Waals surface area contributed by atoms with Crippen molar-refractivity contribution in [3.05, 3.63) is 59.7 Å². The van der Waals surface area contributed by atoms with Crippen LogP contribution in [0.1, 0.15) is 23.7 Å². The molecule has 0 fully saturated rings. The monoisotopic (exact) mass is 225 g/mol. The molecule has 2 aromatic rings. The van der Waals surface area contributed by atoms with E-state index >= 15 is 0 Å². The second-order valence-electron chi connectivity index (χ2n) is 4.42. The van der Waals surface area contributed by atoms with Gasteiger partial charge in [-0.25, -0.2) is 0 Å². The number of anilines is 1. The fourth-order valence-electron chi connectivity index (χ4n) is 2.27. The summed E-state index contributed by atoms with van der Waals surface area (Å²) in [6, 6.07) is 16.2. The first-order chi connectivity index (χ1) is 8.33. The highest BCUT2D eigenvalue weighted by Crippen LogP contribution is 2.34. The van der Waals surface area contributed by atoms with Crippen molar-refractivity contribution in [1.29, 1.82) is 0 Å². The standard InChI is InChI=1S/C15H15NO/c16-13-8-5-12(6-9-13)15-10-7-11-3-1-2-4-14(11)17-15/h1-6,8-9,15H,7,10,16H2/t15-/m0/s1. The van der Waals surface area contributed by atoms with Gasteiger partial charge in [0.1, 0.15) is 11.9 Å². The molecule has 86 valence electrons. The summed E-state index contributed by atoms with van der Waals surface area (Å²) in [4.78, 5) is 0. The summed E-state index contributed by atoms with van der Waals surface area (Å²) in [6.45, 7) is 0. The van der Waals surface area contributed by atoms with Crippen LogP contribution < -0.4 is 10.5 Å². The van der Waals surface area contributed by atoms with Crippen LogP contribution in [0.25, 0.3) is 0 Å². The van der Waals surface area contributed by atoms with Crippen LogP contribution in [0.2, 0.25) is 0 Å². The van der Waals surface area contributed by atoms with Crippen LogP contribution in [0, 0.1) is 0 Å². The molecule has 2 heteroatoms. The second kappa shape index (κ2) is 4.13. The third-order valence-electron chi connectivity index (χ3n) is 3.23. The third-order valence-corrected chi connectivity index (χ3v) is 3.23. The third kappa shape index (κ3) is 1.98. The Morgan fingerprint density at radius 2 is 1.76 bits per heavy atom. The highest BCUT2D eigenvalue weighted by Gasteiger charge is 2.20. The number of rotatable bonds is 1. The quantitative estimate of drug-likeness (QED) is 0.755. The number of nitrogens with two attached hydrogens (primary N) is 1. The Hall–Kier alpha value is -1.96. The van der Waals surface area contributed by atoms with Crippen molar-refractivity contribution in [2.24, 2.45) is 0 Å². The molecule has 0 spiro atoms. The molecule has 3 rings (SSSR count). The topological polar surface area (TPSA) is 35.2 Å². The molecule has 1 heterocycles. The predicted octanol–water partition coefficient (Wildman–Crippen LogP) is 3.34. The van der Waals surface area contributed by atoms with Crippen LogP contribution in [-0.4, -0.2) is 0 Å². The summed E-state index contributed by atoms with van der Waals surface area (Å²) in [7, 11) is 0. The molecule has 0 aliphatic carbocycles.